The van der Waals surface area contributed by atoms with Gasteiger partial charge in [-0.15, -0.1) is 10.2 Å². The van der Waals surface area contributed by atoms with Gasteiger partial charge in [-0.25, -0.2) is 27.6 Å². The largest absolute Gasteiger partial charge is 0.494 e. The lowest BCUT2D eigenvalue weighted by Crippen LogP contribution is -2.29. The first-order valence-corrected chi connectivity index (χ1v) is 12.7. The molecule has 3 aromatic heterocycles. The summed E-state index contributed by atoms with van der Waals surface area (Å²) in [5.41, 5.74) is 0.506. The van der Waals surface area contributed by atoms with Crippen LogP contribution in [0.1, 0.15) is 12.7 Å². The summed E-state index contributed by atoms with van der Waals surface area (Å²) in [6.45, 7) is 1.45. The summed E-state index contributed by atoms with van der Waals surface area (Å²) >= 11 is 0. The third-order valence-electron chi connectivity index (χ3n) is 5.44. The molecule has 0 saturated carbocycles. The van der Waals surface area contributed by atoms with Crippen molar-refractivity contribution in [2.75, 3.05) is 26.0 Å². The van der Waals surface area contributed by atoms with Crippen LogP contribution < -0.4 is 19.5 Å². The smallest absolute Gasteiger partial charge is 0.341 e. The second kappa shape index (κ2) is 10.8. The first kappa shape index (κ1) is 26.5. The predicted molar refractivity (Wildman–Crippen MR) is 133 cm³/mol. The Labute approximate surface area is 216 Å². The van der Waals surface area contributed by atoms with Crippen LogP contribution in [0.2, 0.25) is 0 Å². The van der Waals surface area contributed by atoms with Gasteiger partial charge in [0, 0.05) is 19.7 Å². The van der Waals surface area contributed by atoms with Crippen LogP contribution in [0.4, 0.5) is 15.1 Å². The maximum absolute atomic E-state index is 13.3. The van der Waals surface area contributed by atoms with Crippen LogP contribution in [0.3, 0.4) is 0 Å². The average Bonchev–Trinajstić information content (AvgIpc) is 3.56. The number of nitrogens with zero attached hydrogens (tertiary/aromatic N) is 7. The SMILES string of the molecule is CNC(=O)n1ccc(-c2nnc(NS(=O)(=O)[C@@H](C)Cc3ncc(F)cn3)n2-c2c(OC)cccc2OC)n1. The van der Waals surface area contributed by atoms with Gasteiger partial charge in [-0.05, 0) is 25.1 Å². The fourth-order valence-electron chi connectivity index (χ4n) is 3.49. The number of carbonyl (C=O) groups is 1. The molecule has 0 aliphatic heterocycles. The molecule has 200 valence electrons. The van der Waals surface area contributed by atoms with Crippen LogP contribution >= 0.6 is 0 Å². The molecule has 16 heteroatoms. The maximum atomic E-state index is 13.3. The molecule has 0 radical (unpaired) electrons. The Balaban J connectivity index is 1.81. The lowest BCUT2D eigenvalue weighted by atomic mass is 10.2. The number of hydrogen-bond donors (Lipinski definition) is 2. The molecule has 0 bridgehead atoms. The van der Waals surface area contributed by atoms with Crippen molar-refractivity contribution in [3.05, 3.63) is 54.5 Å². The van der Waals surface area contributed by atoms with E-state index in [0.29, 0.717) is 17.2 Å². The van der Waals surface area contributed by atoms with E-state index in [1.807, 2.05) is 0 Å². The number of halogens is 1. The number of aromatic nitrogens is 7. The normalized spacial score (nSPS) is 12.1. The highest BCUT2D eigenvalue weighted by Gasteiger charge is 2.29. The second-order valence-corrected chi connectivity index (χ2v) is 9.97. The Kier molecular flexibility index (Phi) is 7.52. The van der Waals surface area contributed by atoms with Crippen molar-refractivity contribution in [3.8, 4) is 28.7 Å². The Bertz CT molecular complexity index is 1530. The first-order valence-electron chi connectivity index (χ1n) is 11.1. The highest BCUT2D eigenvalue weighted by Crippen LogP contribution is 2.37. The van der Waals surface area contributed by atoms with E-state index in [2.05, 4.69) is 35.3 Å². The number of benzene rings is 1. The van der Waals surface area contributed by atoms with Crippen molar-refractivity contribution in [2.45, 2.75) is 18.6 Å². The molecule has 3 heterocycles. The number of ether oxygens (including phenoxy) is 2. The van der Waals surface area contributed by atoms with Crippen molar-refractivity contribution in [1.29, 1.82) is 0 Å². The molecular weight excluding hydrogens is 521 g/mol. The van der Waals surface area contributed by atoms with Crippen LogP contribution in [-0.2, 0) is 16.4 Å². The van der Waals surface area contributed by atoms with Gasteiger partial charge in [0.2, 0.25) is 16.0 Å². The van der Waals surface area contributed by atoms with Crippen LogP contribution in [0, 0.1) is 5.82 Å². The summed E-state index contributed by atoms with van der Waals surface area (Å²) in [5, 5.41) is 13.9. The minimum Gasteiger partial charge on any atom is -0.494 e. The van der Waals surface area contributed by atoms with Crippen molar-refractivity contribution < 1.29 is 27.1 Å². The van der Waals surface area contributed by atoms with Gasteiger partial charge in [-0.1, -0.05) is 6.07 Å². The first-order chi connectivity index (χ1) is 18.2. The molecule has 4 rings (SSSR count). The highest BCUT2D eigenvalue weighted by molar-refractivity contribution is 7.93. The fraction of sp³-hybridized carbons (Fsp3) is 0.273. The standard InChI is InChI=1S/C22H24FN9O5S/c1-13(10-18-25-11-14(23)12-26-18)38(34,35)30-21-28-27-20(15-8-9-31(29-15)22(33)24-2)32(21)19-16(36-3)6-5-7-17(19)37-4/h5-9,11-13H,10H2,1-4H3,(H,24,33)(H,28,30)/t13-/m0/s1. The Morgan fingerprint density at radius 2 is 1.76 bits per heavy atom. The molecule has 0 aliphatic carbocycles. The summed E-state index contributed by atoms with van der Waals surface area (Å²) in [7, 11) is 0.248. The molecule has 1 amide bonds. The van der Waals surface area contributed by atoms with Crippen molar-refractivity contribution in [2.24, 2.45) is 0 Å². The number of anilines is 1. The van der Waals surface area contributed by atoms with E-state index < -0.39 is 27.1 Å². The van der Waals surface area contributed by atoms with Crippen molar-refractivity contribution in [1.82, 2.24) is 39.8 Å². The van der Waals surface area contributed by atoms with E-state index >= 15 is 0 Å². The molecule has 0 aliphatic rings. The molecule has 2 N–H and O–H groups in total. The second-order valence-electron chi connectivity index (χ2n) is 7.87. The monoisotopic (exact) mass is 545 g/mol. The minimum absolute atomic E-state index is 0.0921. The number of methoxy groups -OCH3 is 2. The van der Waals surface area contributed by atoms with E-state index in [4.69, 9.17) is 9.47 Å². The van der Waals surface area contributed by atoms with E-state index in [1.54, 1.807) is 18.2 Å². The lowest BCUT2D eigenvalue weighted by Gasteiger charge is -2.18. The summed E-state index contributed by atoms with van der Waals surface area (Å²) in [6, 6.07) is 6.02. The van der Waals surface area contributed by atoms with Gasteiger partial charge in [-0.2, -0.15) is 9.78 Å². The fourth-order valence-corrected chi connectivity index (χ4v) is 4.45. The number of amides is 1. The summed E-state index contributed by atoms with van der Waals surface area (Å²) in [6.07, 6.45) is 3.25. The third-order valence-corrected chi connectivity index (χ3v) is 7.13. The van der Waals surface area contributed by atoms with Gasteiger partial charge in [0.1, 0.15) is 28.7 Å². The van der Waals surface area contributed by atoms with E-state index in [1.165, 1.54) is 45.0 Å². The zero-order chi connectivity index (χ0) is 27.4. The van der Waals surface area contributed by atoms with Crippen LogP contribution in [0.5, 0.6) is 11.5 Å². The molecule has 1 aromatic carbocycles. The molecule has 14 nitrogen and oxygen atoms in total. The Morgan fingerprint density at radius 3 is 2.37 bits per heavy atom. The molecule has 0 unspecified atom stereocenters. The van der Waals surface area contributed by atoms with Crippen molar-refractivity contribution >= 4 is 22.0 Å². The topological polar surface area (TPSA) is 168 Å². The Hall–Kier alpha value is -4.60. The zero-order valence-corrected chi connectivity index (χ0v) is 21.6. The van der Waals surface area contributed by atoms with Gasteiger partial charge >= 0.3 is 6.03 Å². The number of carbonyl (C=O) groups excluding carboxylic acids is 1. The molecule has 4 aromatic rings. The molecule has 1 atom stereocenters. The molecule has 0 saturated heterocycles. The van der Waals surface area contributed by atoms with Crippen LogP contribution in [-0.4, -0.2) is 75.5 Å². The number of hydrogen-bond acceptors (Lipinski definition) is 10. The zero-order valence-electron chi connectivity index (χ0n) is 20.8. The summed E-state index contributed by atoms with van der Waals surface area (Å²) in [4.78, 5) is 19.7. The molecular formula is C22H24FN9O5S. The van der Waals surface area contributed by atoms with Gasteiger partial charge in [0.15, 0.2) is 11.6 Å². The van der Waals surface area contributed by atoms with Crippen LogP contribution in [0.15, 0.2) is 42.9 Å². The van der Waals surface area contributed by atoms with Crippen molar-refractivity contribution in [3.63, 3.8) is 0 Å². The maximum Gasteiger partial charge on any atom is 0.341 e. The number of sulfonamides is 1. The number of rotatable bonds is 9. The summed E-state index contributed by atoms with van der Waals surface area (Å²) in [5.74, 6) is 0.0747. The summed E-state index contributed by atoms with van der Waals surface area (Å²) < 4.78 is 55.6. The quantitative estimate of drug-likeness (QED) is 0.315. The highest BCUT2D eigenvalue weighted by atomic mass is 32.2. The predicted octanol–water partition coefficient (Wildman–Crippen LogP) is 1.64. The van der Waals surface area contributed by atoms with Gasteiger partial charge in [0.25, 0.3) is 0 Å². The average molecular weight is 546 g/mol. The number of nitrogens with one attached hydrogen (secondary N) is 2. The van der Waals surface area contributed by atoms with E-state index in [0.717, 1.165) is 17.1 Å². The van der Waals surface area contributed by atoms with E-state index in [9.17, 15) is 17.6 Å². The van der Waals surface area contributed by atoms with Gasteiger partial charge in [0.05, 0.1) is 31.9 Å². The van der Waals surface area contributed by atoms with Gasteiger partial charge in [-0.3, -0.25) is 9.29 Å². The lowest BCUT2D eigenvalue weighted by molar-refractivity contribution is 0.241. The van der Waals surface area contributed by atoms with Gasteiger partial charge < -0.3 is 14.8 Å². The molecule has 38 heavy (non-hydrogen) atoms. The van der Waals surface area contributed by atoms with E-state index in [-0.39, 0.29) is 29.7 Å². The third kappa shape index (κ3) is 5.24. The molecule has 0 fully saturated rings. The Morgan fingerprint density at radius 1 is 1.11 bits per heavy atom. The van der Waals surface area contributed by atoms with Crippen LogP contribution in [0.25, 0.3) is 17.2 Å². The minimum atomic E-state index is -4.09. The molecule has 0 spiro atoms. The number of para-hydroxylation sites is 1.